The highest BCUT2D eigenvalue weighted by Gasteiger charge is 2.24. The number of nitrogens with zero attached hydrogens (tertiary/aromatic N) is 1. The van der Waals surface area contributed by atoms with Crippen LogP contribution in [0.15, 0.2) is 53.5 Å². The number of hydrogen-bond acceptors (Lipinski definition) is 3. The van der Waals surface area contributed by atoms with Gasteiger partial charge < -0.3 is 20.7 Å². The number of amides is 1. The van der Waals surface area contributed by atoms with Gasteiger partial charge in [-0.15, -0.1) is 0 Å². The Hall–Kier alpha value is -3.02. The van der Waals surface area contributed by atoms with Crippen LogP contribution in [-0.2, 0) is 11.3 Å². The van der Waals surface area contributed by atoms with Gasteiger partial charge in [0.05, 0.1) is 6.10 Å². The molecule has 1 aliphatic heterocycles. The van der Waals surface area contributed by atoms with E-state index in [9.17, 15) is 4.79 Å². The van der Waals surface area contributed by atoms with Crippen LogP contribution in [0, 0.1) is 0 Å². The molecule has 1 aliphatic carbocycles. The van der Waals surface area contributed by atoms with E-state index < -0.39 is 0 Å². The smallest absolute Gasteiger partial charge is 0.225 e. The lowest BCUT2D eigenvalue weighted by atomic mass is 9.90. The monoisotopic (exact) mass is 420 g/mol. The summed E-state index contributed by atoms with van der Waals surface area (Å²) in [5.74, 6) is 1.86. The summed E-state index contributed by atoms with van der Waals surface area (Å²) < 4.78 is 6.11. The summed E-state index contributed by atoms with van der Waals surface area (Å²) in [4.78, 5) is 16.3. The Kier molecular flexibility index (Phi) is 7.07. The Labute approximate surface area is 184 Å². The molecule has 6 heteroatoms. The van der Waals surface area contributed by atoms with E-state index in [4.69, 9.17) is 4.74 Å². The van der Waals surface area contributed by atoms with Crippen LogP contribution in [0.25, 0.3) is 0 Å². The Morgan fingerprint density at radius 2 is 1.84 bits per heavy atom. The summed E-state index contributed by atoms with van der Waals surface area (Å²) in [5, 5.41) is 9.67. The van der Waals surface area contributed by atoms with Gasteiger partial charge in [0.1, 0.15) is 5.75 Å². The van der Waals surface area contributed by atoms with Gasteiger partial charge in [-0.2, -0.15) is 0 Å². The summed E-state index contributed by atoms with van der Waals surface area (Å²) in [6, 6.07) is 16.3. The first kappa shape index (κ1) is 21.2. The van der Waals surface area contributed by atoms with Gasteiger partial charge >= 0.3 is 0 Å². The Morgan fingerprint density at radius 3 is 2.61 bits per heavy atom. The zero-order valence-electron chi connectivity index (χ0n) is 18.2. The third-order valence-corrected chi connectivity index (χ3v) is 6.08. The molecule has 4 rings (SSSR count). The quantitative estimate of drug-likeness (QED) is 0.484. The number of rotatable bonds is 6. The summed E-state index contributed by atoms with van der Waals surface area (Å²) in [5.41, 5.74) is 3.24. The molecule has 0 radical (unpaired) electrons. The molecule has 2 aromatic rings. The molecule has 0 saturated heterocycles. The van der Waals surface area contributed by atoms with Gasteiger partial charge in [0.25, 0.3) is 0 Å². The SMILES string of the molecule is CN=C(NCc1ccc(OC2CCCCC2)cc1)NCC1CC(=O)Nc2ccccc21. The first-order chi connectivity index (χ1) is 15.2. The van der Waals surface area contributed by atoms with E-state index in [-0.39, 0.29) is 11.8 Å². The van der Waals surface area contributed by atoms with Gasteiger partial charge in [-0.1, -0.05) is 36.8 Å². The number of aliphatic imine (C=N–C) groups is 1. The second-order valence-electron chi connectivity index (χ2n) is 8.36. The molecule has 1 saturated carbocycles. The second kappa shape index (κ2) is 10.3. The fraction of sp³-hybridized carbons (Fsp3) is 0.440. The number of fused-ring (bicyclic) bond motifs is 1. The van der Waals surface area contributed by atoms with E-state index >= 15 is 0 Å². The van der Waals surface area contributed by atoms with Crippen LogP contribution >= 0.6 is 0 Å². The first-order valence-electron chi connectivity index (χ1n) is 11.3. The largest absolute Gasteiger partial charge is 0.490 e. The summed E-state index contributed by atoms with van der Waals surface area (Å²) in [6.07, 6.45) is 7.06. The molecular weight excluding hydrogens is 388 g/mol. The molecule has 1 amide bonds. The highest BCUT2D eigenvalue weighted by molar-refractivity contribution is 5.94. The normalized spacial score (nSPS) is 19.3. The molecule has 31 heavy (non-hydrogen) atoms. The molecule has 164 valence electrons. The highest BCUT2D eigenvalue weighted by atomic mass is 16.5. The highest BCUT2D eigenvalue weighted by Crippen LogP contribution is 2.31. The summed E-state index contributed by atoms with van der Waals surface area (Å²) >= 11 is 0. The zero-order valence-corrected chi connectivity index (χ0v) is 18.2. The third kappa shape index (κ3) is 5.78. The van der Waals surface area contributed by atoms with Crippen molar-refractivity contribution < 1.29 is 9.53 Å². The van der Waals surface area contributed by atoms with E-state index in [2.05, 4.69) is 51.3 Å². The van der Waals surface area contributed by atoms with Gasteiger partial charge in [0.15, 0.2) is 5.96 Å². The maximum absolute atomic E-state index is 12.0. The van der Waals surface area contributed by atoms with Crippen molar-refractivity contribution in [2.24, 2.45) is 4.99 Å². The molecule has 0 aromatic heterocycles. The van der Waals surface area contributed by atoms with Gasteiger partial charge in [-0.25, -0.2) is 0 Å². The van der Waals surface area contributed by atoms with Gasteiger partial charge in [-0.3, -0.25) is 9.79 Å². The van der Waals surface area contributed by atoms with E-state index in [1.165, 1.54) is 43.2 Å². The van der Waals surface area contributed by atoms with Crippen molar-refractivity contribution >= 4 is 17.6 Å². The van der Waals surface area contributed by atoms with E-state index in [0.29, 0.717) is 25.6 Å². The van der Waals surface area contributed by atoms with Crippen molar-refractivity contribution in [3.05, 3.63) is 59.7 Å². The standard InChI is InChI=1S/C25H32N4O2/c1-26-25(28-17-19-15-24(30)29-23-10-6-5-9-22(19)23)27-16-18-11-13-21(14-12-18)31-20-7-3-2-4-8-20/h5-6,9-14,19-20H,2-4,7-8,15-17H2,1H3,(H,29,30)(H2,26,27,28). The molecule has 6 nitrogen and oxygen atoms in total. The molecule has 0 bridgehead atoms. The zero-order chi connectivity index (χ0) is 21.5. The lowest BCUT2D eigenvalue weighted by molar-refractivity contribution is -0.116. The number of anilines is 1. The minimum absolute atomic E-state index is 0.0592. The number of nitrogens with one attached hydrogen (secondary N) is 3. The number of guanidine groups is 1. The lowest BCUT2D eigenvalue weighted by Gasteiger charge is -2.26. The minimum atomic E-state index is 0.0592. The molecule has 1 fully saturated rings. The van der Waals surface area contributed by atoms with Crippen LogP contribution in [0.3, 0.4) is 0 Å². The summed E-state index contributed by atoms with van der Waals surface area (Å²) in [6.45, 7) is 1.32. The maximum Gasteiger partial charge on any atom is 0.225 e. The topological polar surface area (TPSA) is 74.8 Å². The van der Waals surface area contributed by atoms with E-state index in [0.717, 1.165) is 17.4 Å². The van der Waals surface area contributed by atoms with Crippen LogP contribution in [0.4, 0.5) is 5.69 Å². The number of benzene rings is 2. The fourth-order valence-electron chi connectivity index (χ4n) is 4.37. The van der Waals surface area contributed by atoms with Crippen LogP contribution in [-0.4, -0.2) is 31.6 Å². The van der Waals surface area contributed by atoms with Crippen molar-refractivity contribution in [3.8, 4) is 5.75 Å². The molecular formula is C25H32N4O2. The van der Waals surface area contributed by atoms with Crippen molar-refractivity contribution in [1.29, 1.82) is 0 Å². The van der Waals surface area contributed by atoms with Gasteiger partial charge in [0, 0.05) is 38.2 Å². The molecule has 2 aliphatic rings. The fourth-order valence-corrected chi connectivity index (χ4v) is 4.37. The number of hydrogen-bond donors (Lipinski definition) is 3. The third-order valence-electron chi connectivity index (χ3n) is 6.08. The lowest BCUT2D eigenvalue weighted by Crippen LogP contribution is -2.40. The number of ether oxygens (including phenoxy) is 1. The van der Waals surface area contributed by atoms with Crippen LogP contribution in [0.1, 0.15) is 55.6 Å². The Balaban J connectivity index is 1.27. The Morgan fingerprint density at radius 1 is 1.06 bits per heavy atom. The predicted molar refractivity (Wildman–Crippen MR) is 125 cm³/mol. The second-order valence-corrected chi connectivity index (χ2v) is 8.36. The molecule has 0 spiro atoms. The van der Waals surface area contributed by atoms with E-state index in [1.807, 2.05) is 18.2 Å². The van der Waals surface area contributed by atoms with Crippen LogP contribution in [0.2, 0.25) is 0 Å². The van der Waals surface area contributed by atoms with Gasteiger partial charge in [-0.05, 0) is 55.0 Å². The van der Waals surface area contributed by atoms with Crippen molar-refractivity contribution in [3.63, 3.8) is 0 Å². The summed E-state index contributed by atoms with van der Waals surface area (Å²) in [7, 11) is 1.76. The molecule has 1 heterocycles. The van der Waals surface area contributed by atoms with Crippen LogP contribution < -0.4 is 20.7 Å². The van der Waals surface area contributed by atoms with Crippen molar-refractivity contribution in [2.45, 2.75) is 57.1 Å². The Bertz CT molecular complexity index is 904. The van der Waals surface area contributed by atoms with Crippen molar-refractivity contribution in [1.82, 2.24) is 10.6 Å². The molecule has 1 unspecified atom stereocenters. The van der Waals surface area contributed by atoms with E-state index in [1.54, 1.807) is 7.05 Å². The first-order valence-corrected chi connectivity index (χ1v) is 11.3. The average molecular weight is 421 g/mol. The number of carbonyl (C=O) groups excluding carboxylic acids is 1. The minimum Gasteiger partial charge on any atom is -0.490 e. The molecule has 1 atom stereocenters. The number of para-hydroxylation sites is 1. The van der Waals surface area contributed by atoms with Crippen molar-refractivity contribution in [2.75, 3.05) is 18.9 Å². The van der Waals surface area contributed by atoms with Gasteiger partial charge in [0.2, 0.25) is 5.91 Å². The average Bonchev–Trinajstić information content (AvgIpc) is 2.80. The maximum atomic E-state index is 12.0. The predicted octanol–water partition coefficient (Wildman–Crippen LogP) is 4.19. The van der Waals surface area contributed by atoms with Crippen LogP contribution in [0.5, 0.6) is 5.75 Å². The molecule has 2 aromatic carbocycles. The molecule has 3 N–H and O–H groups in total. The number of carbonyl (C=O) groups is 1.